The zero-order chi connectivity index (χ0) is 20.2. The fourth-order valence-corrected chi connectivity index (χ4v) is 4.25. The van der Waals surface area contributed by atoms with Gasteiger partial charge >= 0.3 is 0 Å². The van der Waals surface area contributed by atoms with Gasteiger partial charge in [-0.1, -0.05) is 48.9 Å². The Labute approximate surface area is 162 Å². The normalized spacial score (nSPS) is 13.7. The van der Waals surface area contributed by atoms with Gasteiger partial charge in [0, 0.05) is 0 Å². The first-order valence-electron chi connectivity index (χ1n) is 9.06. The van der Waals surface area contributed by atoms with Crippen molar-refractivity contribution in [3.8, 4) is 0 Å². The van der Waals surface area contributed by atoms with E-state index >= 15 is 0 Å². The van der Waals surface area contributed by atoms with Gasteiger partial charge in [0.25, 0.3) is 0 Å². The molecule has 2 atom stereocenters. The zero-order valence-corrected chi connectivity index (χ0v) is 17.4. The van der Waals surface area contributed by atoms with Crippen molar-refractivity contribution < 1.29 is 13.2 Å². The molecule has 146 valence electrons. The van der Waals surface area contributed by atoms with Crippen LogP contribution in [0.3, 0.4) is 0 Å². The lowest BCUT2D eigenvalue weighted by atomic mass is 10.0. The largest absolute Gasteiger partial charge is 0.347 e. The van der Waals surface area contributed by atoms with Gasteiger partial charge in [0.05, 0.1) is 18.0 Å². The summed E-state index contributed by atoms with van der Waals surface area (Å²) >= 11 is 0. The molecule has 0 saturated heterocycles. The van der Waals surface area contributed by atoms with Crippen molar-refractivity contribution in [2.24, 2.45) is 0 Å². The minimum absolute atomic E-state index is 0.167. The predicted octanol–water partition coefficient (Wildman–Crippen LogP) is 3.73. The molecular formula is C21H28N2O3S. The number of carbonyl (C=O) groups is 1. The number of nitrogens with zero attached hydrogens (tertiary/aromatic N) is 1. The third kappa shape index (κ3) is 5.32. The number of aryl methyl sites for hydroxylation is 2. The maximum absolute atomic E-state index is 12.9. The van der Waals surface area contributed by atoms with E-state index in [4.69, 9.17) is 0 Å². The van der Waals surface area contributed by atoms with Gasteiger partial charge in [-0.3, -0.25) is 9.10 Å². The molecular weight excluding hydrogens is 360 g/mol. The van der Waals surface area contributed by atoms with E-state index < -0.39 is 16.1 Å². The van der Waals surface area contributed by atoms with Crippen molar-refractivity contribution in [3.63, 3.8) is 0 Å². The molecule has 0 aliphatic rings. The van der Waals surface area contributed by atoms with Gasteiger partial charge in [0.2, 0.25) is 15.9 Å². The highest BCUT2D eigenvalue weighted by atomic mass is 32.2. The highest BCUT2D eigenvalue weighted by Crippen LogP contribution is 2.23. The number of carbonyl (C=O) groups excluding carboxylic acids is 1. The number of hydrogen-bond donors (Lipinski definition) is 1. The van der Waals surface area contributed by atoms with Crippen molar-refractivity contribution in [2.75, 3.05) is 10.6 Å². The summed E-state index contributed by atoms with van der Waals surface area (Å²) in [5, 5.41) is 2.99. The number of anilines is 1. The van der Waals surface area contributed by atoms with Crippen LogP contribution in [0.25, 0.3) is 0 Å². The maximum atomic E-state index is 12.9. The molecule has 1 N–H and O–H groups in total. The monoisotopic (exact) mass is 388 g/mol. The van der Waals surface area contributed by atoms with Gasteiger partial charge in [-0.05, 0) is 50.5 Å². The smallest absolute Gasteiger partial charge is 0.244 e. The summed E-state index contributed by atoms with van der Waals surface area (Å²) in [6, 6.07) is 14.1. The van der Waals surface area contributed by atoms with E-state index in [-0.39, 0.29) is 11.9 Å². The lowest BCUT2D eigenvalue weighted by Gasteiger charge is -2.30. The first-order chi connectivity index (χ1) is 12.6. The summed E-state index contributed by atoms with van der Waals surface area (Å²) in [5.74, 6) is -0.325. The average molecular weight is 389 g/mol. The fraction of sp³-hybridized carbons (Fsp3) is 0.381. The first kappa shape index (κ1) is 21.0. The molecule has 0 aliphatic carbocycles. The van der Waals surface area contributed by atoms with Gasteiger partial charge < -0.3 is 5.32 Å². The second-order valence-electron chi connectivity index (χ2n) is 6.95. The van der Waals surface area contributed by atoms with Crippen LogP contribution in [0.2, 0.25) is 0 Å². The topological polar surface area (TPSA) is 66.5 Å². The molecule has 0 bridgehead atoms. The molecule has 0 unspecified atom stereocenters. The Morgan fingerprint density at radius 2 is 1.70 bits per heavy atom. The molecule has 6 heteroatoms. The minimum Gasteiger partial charge on any atom is -0.347 e. The third-order valence-corrected chi connectivity index (χ3v) is 5.79. The van der Waals surface area contributed by atoms with Crippen LogP contribution in [-0.4, -0.2) is 26.6 Å². The van der Waals surface area contributed by atoms with Crippen molar-refractivity contribution in [1.29, 1.82) is 0 Å². The van der Waals surface area contributed by atoms with E-state index in [1.165, 1.54) is 4.31 Å². The van der Waals surface area contributed by atoms with Crippen molar-refractivity contribution in [2.45, 2.75) is 46.2 Å². The van der Waals surface area contributed by atoms with Gasteiger partial charge in [-0.25, -0.2) is 8.42 Å². The summed E-state index contributed by atoms with van der Waals surface area (Å²) < 4.78 is 26.0. The van der Waals surface area contributed by atoms with Gasteiger partial charge in [0.1, 0.15) is 6.04 Å². The Balaban J connectivity index is 2.27. The van der Waals surface area contributed by atoms with Crippen LogP contribution in [0.15, 0.2) is 48.5 Å². The average Bonchev–Trinajstić information content (AvgIpc) is 2.59. The molecule has 5 nitrogen and oxygen atoms in total. The van der Waals surface area contributed by atoms with Crippen molar-refractivity contribution >= 4 is 21.6 Å². The molecule has 0 fully saturated rings. The molecule has 0 heterocycles. The number of sulfonamides is 1. The van der Waals surface area contributed by atoms with Gasteiger partial charge in [-0.2, -0.15) is 0 Å². The van der Waals surface area contributed by atoms with Crippen LogP contribution in [0, 0.1) is 13.8 Å². The zero-order valence-electron chi connectivity index (χ0n) is 16.6. The number of rotatable bonds is 7. The quantitative estimate of drug-likeness (QED) is 0.786. The number of benzene rings is 2. The Hall–Kier alpha value is -2.34. The van der Waals surface area contributed by atoms with E-state index in [0.717, 1.165) is 22.9 Å². The molecule has 0 saturated carbocycles. The molecule has 0 aromatic heterocycles. The fourth-order valence-electron chi connectivity index (χ4n) is 3.09. The predicted molar refractivity (Wildman–Crippen MR) is 110 cm³/mol. The van der Waals surface area contributed by atoms with Gasteiger partial charge in [0.15, 0.2) is 0 Å². The van der Waals surface area contributed by atoms with E-state index in [2.05, 4.69) is 5.32 Å². The standard InChI is InChI=1S/C21H28N2O3S/c1-6-20(18-12-10-15(2)11-13-18)22-21(24)17(4)23(27(5,25)26)19-9-7-8-16(3)14-19/h7-14,17,20H,6H2,1-5H3,(H,22,24)/t17-,20+/m0/s1. The minimum atomic E-state index is -3.62. The number of nitrogens with one attached hydrogen (secondary N) is 1. The van der Waals surface area contributed by atoms with Crippen LogP contribution >= 0.6 is 0 Å². The number of hydrogen-bond acceptors (Lipinski definition) is 3. The highest BCUT2D eigenvalue weighted by Gasteiger charge is 2.30. The van der Waals surface area contributed by atoms with Crippen LogP contribution < -0.4 is 9.62 Å². The lowest BCUT2D eigenvalue weighted by molar-refractivity contribution is -0.122. The Kier molecular flexibility index (Phi) is 6.65. The van der Waals surface area contributed by atoms with E-state index in [9.17, 15) is 13.2 Å². The summed E-state index contributed by atoms with van der Waals surface area (Å²) in [6.45, 7) is 7.50. The Morgan fingerprint density at radius 1 is 1.07 bits per heavy atom. The summed E-state index contributed by atoms with van der Waals surface area (Å²) in [4.78, 5) is 12.9. The Morgan fingerprint density at radius 3 is 2.22 bits per heavy atom. The second kappa shape index (κ2) is 8.57. The second-order valence-corrected chi connectivity index (χ2v) is 8.81. The SMILES string of the molecule is CC[C@@H](NC(=O)[C@H](C)N(c1cccc(C)c1)S(C)(=O)=O)c1ccc(C)cc1. The Bertz CT molecular complexity index is 892. The summed E-state index contributed by atoms with van der Waals surface area (Å²) in [7, 11) is -3.62. The molecule has 0 spiro atoms. The summed E-state index contributed by atoms with van der Waals surface area (Å²) in [6.07, 6.45) is 1.83. The van der Waals surface area contributed by atoms with E-state index in [1.54, 1.807) is 25.1 Å². The molecule has 27 heavy (non-hydrogen) atoms. The van der Waals surface area contributed by atoms with Crippen molar-refractivity contribution in [3.05, 3.63) is 65.2 Å². The summed E-state index contributed by atoms with van der Waals surface area (Å²) in [5.41, 5.74) is 3.57. The van der Waals surface area contributed by atoms with Gasteiger partial charge in [-0.15, -0.1) is 0 Å². The number of amides is 1. The first-order valence-corrected chi connectivity index (χ1v) is 10.9. The molecule has 2 rings (SSSR count). The van der Waals surface area contributed by atoms with Crippen LogP contribution in [-0.2, 0) is 14.8 Å². The van der Waals surface area contributed by atoms with E-state index in [1.807, 2.05) is 51.1 Å². The van der Waals surface area contributed by atoms with Crippen LogP contribution in [0.4, 0.5) is 5.69 Å². The van der Waals surface area contributed by atoms with E-state index in [0.29, 0.717) is 12.1 Å². The highest BCUT2D eigenvalue weighted by molar-refractivity contribution is 7.92. The third-order valence-electron chi connectivity index (χ3n) is 4.55. The molecule has 2 aromatic carbocycles. The molecule has 2 aromatic rings. The molecule has 0 aliphatic heterocycles. The van der Waals surface area contributed by atoms with Crippen LogP contribution in [0.5, 0.6) is 0 Å². The molecule has 1 amide bonds. The van der Waals surface area contributed by atoms with Crippen molar-refractivity contribution in [1.82, 2.24) is 5.32 Å². The van der Waals surface area contributed by atoms with Crippen LogP contribution in [0.1, 0.15) is 43.0 Å². The maximum Gasteiger partial charge on any atom is 0.244 e. The lowest BCUT2D eigenvalue weighted by Crippen LogP contribution is -2.48. The molecule has 0 radical (unpaired) electrons.